The zero-order chi connectivity index (χ0) is 32.6. The van der Waals surface area contributed by atoms with E-state index in [0.29, 0.717) is 46.0 Å². The predicted molar refractivity (Wildman–Crippen MR) is 180 cm³/mol. The molecule has 47 heavy (non-hydrogen) atoms. The summed E-state index contributed by atoms with van der Waals surface area (Å²) in [6.45, 7) is 0. The number of sulfone groups is 1. The maximum atomic E-state index is 13.4. The summed E-state index contributed by atoms with van der Waals surface area (Å²) in [5, 5.41) is 0. The first-order valence-electron chi connectivity index (χ1n) is 14.4. The number of hydrogen-bond donors (Lipinski definition) is 0. The summed E-state index contributed by atoms with van der Waals surface area (Å²) in [6, 6.07) is 41.1. The Hall–Kier alpha value is -6.41. The molecule has 0 spiro atoms. The number of ether oxygens (including phenoxy) is 4. The molecular weight excluding hydrogens is 609 g/mol. The van der Waals surface area contributed by atoms with E-state index in [0.717, 1.165) is 11.1 Å². The second-order valence-electron chi connectivity index (χ2n) is 10.1. The van der Waals surface area contributed by atoms with Crippen molar-refractivity contribution in [3.8, 4) is 70.7 Å². The molecule has 7 heteroatoms. The first kappa shape index (κ1) is 30.6. The molecule has 0 atom stereocenters. The smallest absolute Gasteiger partial charge is 0.206 e. The molecule has 0 unspecified atom stereocenters. The molecule has 0 heterocycles. The molecule has 0 fully saturated rings. The molecule has 6 aromatic carbocycles. The van der Waals surface area contributed by atoms with E-state index >= 15 is 0 Å². The van der Waals surface area contributed by atoms with E-state index in [4.69, 9.17) is 31.8 Å². The monoisotopic (exact) mass is 634 g/mol. The minimum atomic E-state index is -3.79. The van der Waals surface area contributed by atoms with Crippen LogP contribution in [-0.2, 0) is 9.84 Å². The lowest BCUT2D eigenvalue weighted by molar-refractivity contribution is 0.459. The predicted octanol–water partition coefficient (Wildman–Crippen LogP) is 9.65. The van der Waals surface area contributed by atoms with Crippen LogP contribution in [0, 0.1) is 24.7 Å². The number of benzene rings is 6. The minimum absolute atomic E-state index is 0.131. The third kappa shape index (κ3) is 7.64. The van der Waals surface area contributed by atoms with Gasteiger partial charge in [0.1, 0.15) is 46.0 Å². The summed E-state index contributed by atoms with van der Waals surface area (Å²) in [4.78, 5) is 0.261. The Balaban J connectivity index is 1.08. The van der Waals surface area contributed by atoms with E-state index < -0.39 is 9.84 Å². The normalized spacial score (nSPS) is 10.7. The summed E-state index contributed by atoms with van der Waals surface area (Å²) in [5.74, 6) is 9.58. The highest BCUT2D eigenvalue weighted by atomic mass is 32.2. The Labute approximate surface area is 273 Å². The Morgan fingerprint density at radius 3 is 0.936 bits per heavy atom. The van der Waals surface area contributed by atoms with Gasteiger partial charge in [-0.05, 0) is 121 Å². The standard InChI is InChI=1S/C40H26O6S/c1-3-29-11-15-31(16-12-29)43-35-7-5-9-37(27-35)45-33-19-23-39(24-20-33)47(41,42)40-25-21-34(22-26-40)46-38-10-6-8-36(28-38)44-32-17-13-30(4-2)14-18-32/h1-2,5-28H. The van der Waals surface area contributed by atoms with Crippen molar-refractivity contribution in [2.75, 3.05) is 0 Å². The van der Waals surface area contributed by atoms with Crippen molar-refractivity contribution in [2.24, 2.45) is 0 Å². The molecule has 6 nitrogen and oxygen atoms in total. The average molecular weight is 635 g/mol. The van der Waals surface area contributed by atoms with Crippen LogP contribution in [0.2, 0.25) is 0 Å². The van der Waals surface area contributed by atoms with Crippen LogP contribution in [0.4, 0.5) is 0 Å². The van der Waals surface area contributed by atoms with Gasteiger partial charge in [-0.2, -0.15) is 0 Å². The maximum absolute atomic E-state index is 13.4. The lowest BCUT2D eigenvalue weighted by Crippen LogP contribution is -2.01. The molecule has 0 aromatic heterocycles. The molecule has 228 valence electrons. The number of rotatable bonds is 10. The molecule has 0 bridgehead atoms. The molecule has 0 saturated heterocycles. The summed E-state index contributed by atoms with van der Waals surface area (Å²) >= 11 is 0. The fraction of sp³-hybridized carbons (Fsp3) is 0. The van der Waals surface area contributed by atoms with Crippen LogP contribution in [0.1, 0.15) is 11.1 Å². The third-order valence-corrected chi connectivity index (χ3v) is 8.65. The molecule has 0 N–H and O–H groups in total. The fourth-order valence-electron chi connectivity index (χ4n) is 4.49. The Kier molecular flexibility index (Phi) is 8.93. The van der Waals surface area contributed by atoms with Crippen molar-refractivity contribution in [1.29, 1.82) is 0 Å². The number of terminal acetylenes is 2. The van der Waals surface area contributed by atoms with Crippen LogP contribution in [-0.4, -0.2) is 8.42 Å². The van der Waals surface area contributed by atoms with Gasteiger partial charge in [-0.3, -0.25) is 0 Å². The molecule has 6 aromatic rings. The van der Waals surface area contributed by atoms with E-state index in [2.05, 4.69) is 11.8 Å². The van der Waals surface area contributed by atoms with E-state index in [1.54, 1.807) is 109 Å². The zero-order valence-electron chi connectivity index (χ0n) is 24.9. The molecule has 0 aliphatic carbocycles. The lowest BCUT2D eigenvalue weighted by Gasteiger charge is -2.11. The van der Waals surface area contributed by atoms with Gasteiger partial charge in [0.05, 0.1) is 9.79 Å². The molecule has 0 aliphatic rings. The molecule has 0 radical (unpaired) electrons. The van der Waals surface area contributed by atoms with E-state index in [1.807, 2.05) is 12.1 Å². The maximum Gasteiger partial charge on any atom is 0.206 e. The van der Waals surface area contributed by atoms with Gasteiger partial charge in [0.2, 0.25) is 9.84 Å². The van der Waals surface area contributed by atoms with Gasteiger partial charge in [0.25, 0.3) is 0 Å². The first-order valence-corrected chi connectivity index (χ1v) is 15.9. The van der Waals surface area contributed by atoms with Gasteiger partial charge in [0.15, 0.2) is 0 Å². The quantitative estimate of drug-likeness (QED) is 0.140. The summed E-state index contributed by atoms with van der Waals surface area (Å²) in [6.07, 6.45) is 10.8. The van der Waals surface area contributed by atoms with Crippen molar-refractivity contribution in [2.45, 2.75) is 9.79 Å². The molecule has 0 aliphatic heterocycles. The third-order valence-electron chi connectivity index (χ3n) is 6.86. The van der Waals surface area contributed by atoms with Gasteiger partial charge in [-0.15, -0.1) is 12.8 Å². The highest BCUT2D eigenvalue weighted by Crippen LogP contribution is 2.32. The summed E-state index contributed by atoms with van der Waals surface area (Å²) < 4.78 is 50.4. The van der Waals surface area contributed by atoms with Gasteiger partial charge >= 0.3 is 0 Å². The topological polar surface area (TPSA) is 71.1 Å². The second kappa shape index (κ2) is 13.7. The van der Waals surface area contributed by atoms with Gasteiger partial charge < -0.3 is 18.9 Å². The molecule has 0 saturated carbocycles. The van der Waals surface area contributed by atoms with Crippen molar-refractivity contribution < 1.29 is 27.4 Å². The zero-order valence-corrected chi connectivity index (χ0v) is 25.7. The van der Waals surface area contributed by atoms with Crippen LogP contribution in [0.5, 0.6) is 46.0 Å². The number of hydrogen-bond acceptors (Lipinski definition) is 6. The van der Waals surface area contributed by atoms with Crippen LogP contribution < -0.4 is 18.9 Å². The van der Waals surface area contributed by atoms with E-state index in [-0.39, 0.29) is 9.79 Å². The van der Waals surface area contributed by atoms with Crippen molar-refractivity contribution in [3.63, 3.8) is 0 Å². The Bertz CT molecular complexity index is 2040. The fourth-order valence-corrected chi connectivity index (χ4v) is 5.76. The highest BCUT2D eigenvalue weighted by molar-refractivity contribution is 7.91. The largest absolute Gasteiger partial charge is 0.457 e. The van der Waals surface area contributed by atoms with Crippen molar-refractivity contribution in [1.82, 2.24) is 0 Å². The Morgan fingerprint density at radius 2 is 0.660 bits per heavy atom. The van der Waals surface area contributed by atoms with Gasteiger partial charge in [-0.1, -0.05) is 24.0 Å². The van der Waals surface area contributed by atoms with Crippen LogP contribution in [0.15, 0.2) is 155 Å². The van der Waals surface area contributed by atoms with Gasteiger partial charge in [0, 0.05) is 23.3 Å². The van der Waals surface area contributed by atoms with E-state index in [9.17, 15) is 8.42 Å². The minimum Gasteiger partial charge on any atom is -0.457 e. The van der Waals surface area contributed by atoms with E-state index in [1.165, 1.54) is 24.3 Å². The van der Waals surface area contributed by atoms with Crippen molar-refractivity contribution in [3.05, 3.63) is 157 Å². The average Bonchev–Trinajstić information content (AvgIpc) is 3.10. The summed E-state index contributed by atoms with van der Waals surface area (Å²) in [5.41, 5.74) is 1.53. The lowest BCUT2D eigenvalue weighted by atomic mass is 10.2. The first-order chi connectivity index (χ1) is 22.9. The van der Waals surface area contributed by atoms with Crippen LogP contribution in [0.3, 0.4) is 0 Å². The molecule has 6 rings (SSSR count). The molecule has 0 amide bonds. The highest BCUT2D eigenvalue weighted by Gasteiger charge is 2.18. The van der Waals surface area contributed by atoms with Gasteiger partial charge in [-0.25, -0.2) is 8.42 Å². The molecular formula is C40H26O6S. The SMILES string of the molecule is C#Cc1ccc(Oc2cccc(Oc3ccc(S(=O)(=O)c4ccc(Oc5cccc(Oc6ccc(C#C)cc6)c5)cc4)cc3)c2)cc1. The Morgan fingerprint density at radius 1 is 0.383 bits per heavy atom. The van der Waals surface area contributed by atoms with Crippen molar-refractivity contribution >= 4 is 9.84 Å². The summed E-state index contributed by atoms with van der Waals surface area (Å²) in [7, 11) is -3.79. The second-order valence-corrected chi connectivity index (χ2v) is 12.1. The van der Waals surface area contributed by atoms with Crippen LogP contribution >= 0.6 is 0 Å². The van der Waals surface area contributed by atoms with Crippen LogP contribution in [0.25, 0.3) is 0 Å².